The van der Waals surface area contributed by atoms with Crippen LogP contribution < -0.4 is 10.0 Å². The van der Waals surface area contributed by atoms with Crippen LogP contribution >= 0.6 is 22.9 Å². The van der Waals surface area contributed by atoms with Crippen LogP contribution in [0.3, 0.4) is 0 Å². The molecule has 9 heteroatoms. The second kappa shape index (κ2) is 8.59. The van der Waals surface area contributed by atoms with Crippen LogP contribution in [0.4, 0.5) is 0 Å². The highest BCUT2D eigenvalue weighted by molar-refractivity contribution is 7.89. The first-order valence-electron chi connectivity index (χ1n) is 7.03. The second-order valence-corrected chi connectivity index (χ2v) is 8.37. The average Bonchev–Trinajstić information content (AvgIpc) is 2.98. The molecular formula is C15H17ClN2O4S2. The summed E-state index contributed by atoms with van der Waals surface area (Å²) in [5.41, 5.74) is 0.383. The first-order valence-corrected chi connectivity index (χ1v) is 9.71. The van der Waals surface area contributed by atoms with Crippen molar-refractivity contribution < 1.29 is 17.9 Å². The molecule has 0 bridgehead atoms. The molecule has 1 aromatic carbocycles. The van der Waals surface area contributed by atoms with Gasteiger partial charge in [-0.3, -0.25) is 4.79 Å². The van der Waals surface area contributed by atoms with E-state index in [1.54, 1.807) is 6.07 Å². The summed E-state index contributed by atoms with van der Waals surface area (Å²) < 4.78 is 31.9. The van der Waals surface area contributed by atoms with Crippen molar-refractivity contribution in [1.29, 1.82) is 0 Å². The Bertz CT molecular complexity index is 788. The first-order chi connectivity index (χ1) is 11.4. The van der Waals surface area contributed by atoms with Crippen molar-refractivity contribution in [3.8, 4) is 0 Å². The summed E-state index contributed by atoms with van der Waals surface area (Å²) in [6, 6.07) is 9.35. The Balaban J connectivity index is 1.96. The van der Waals surface area contributed by atoms with Crippen LogP contribution in [0.15, 0.2) is 41.3 Å². The second-order valence-electron chi connectivity index (χ2n) is 4.80. The average molecular weight is 389 g/mol. The molecule has 0 atom stereocenters. The molecule has 1 amide bonds. The van der Waals surface area contributed by atoms with E-state index < -0.39 is 10.0 Å². The molecule has 0 aliphatic rings. The van der Waals surface area contributed by atoms with Crippen molar-refractivity contribution in [2.45, 2.75) is 11.4 Å². The Morgan fingerprint density at radius 2 is 1.92 bits per heavy atom. The summed E-state index contributed by atoms with van der Waals surface area (Å²) in [4.78, 5) is 13.1. The van der Waals surface area contributed by atoms with Gasteiger partial charge in [0, 0.05) is 24.1 Å². The zero-order valence-corrected chi connectivity index (χ0v) is 15.3. The minimum absolute atomic E-state index is 0.0974. The van der Waals surface area contributed by atoms with Gasteiger partial charge in [-0.15, -0.1) is 11.3 Å². The molecule has 6 nitrogen and oxygen atoms in total. The molecule has 0 fully saturated rings. The van der Waals surface area contributed by atoms with Crippen LogP contribution in [0.2, 0.25) is 4.34 Å². The van der Waals surface area contributed by atoms with E-state index in [4.69, 9.17) is 16.3 Å². The number of hydrogen-bond acceptors (Lipinski definition) is 5. The topological polar surface area (TPSA) is 84.5 Å². The fourth-order valence-electron chi connectivity index (χ4n) is 1.86. The van der Waals surface area contributed by atoms with Crippen LogP contribution in [0, 0.1) is 0 Å². The number of methoxy groups -OCH3 is 1. The fourth-order valence-corrected chi connectivity index (χ4v) is 3.90. The quantitative estimate of drug-likeness (QED) is 0.679. The van der Waals surface area contributed by atoms with Crippen LogP contribution in [0.25, 0.3) is 0 Å². The molecule has 1 aromatic heterocycles. The normalized spacial score (nSPS) is 11.4. The Kier molecular flexibility index (Phi) is 6.76. The predicted octanol–water partition coefficient (Wildman–Crippen LogP) is 2.26. The maximum atomic E-state index is 12.1. The summed E-state index contributed by atoms with van der Waals surface area (Å²) >= 11 is 7.23. The van der Waals surface area contributed by atoms with Crippen molar-refractivity contribution in [3.63, 3.8) is 0 Å². The van der Waals surface area contributed by atoms with Gasteiger partial charge >= 0.3 is 0 Å². The number of carbonyl (C=O) groups is 1. The monoisotopic (exact) mass is 388 g/mol. The van der Waals surface area contributed by atoms with Gasteiger partial charge in [0.25, 0.3) is 5.91 Å². The number of nitrogens with one attached hydrogen (secondary N) is 2. The number of thiophene rings is 1. The largest absolute Gasteiger partial charge is 0.383 e. The van der Waals surface area contributed by atoms with E-state index in [-0.39, 0.29) is 24.0 Å². The van der Waals surface area contributed by atoms with Gasteiger partial charge in [-0.2, -0.15) is 0 Å². The third kappa shape index (κ3) is 5.29. The molecule has 24 heavy (non-hydrogen) atoms. The standard InChI is InChI=1S/C15H17ClN2O4S2/c1-22-9-8-18-24(20,21)13-5-2-11(3-6-13)15(19)17-10-12-4-7-14(16)23-12/h2-7,18H,8-10H2,1H3,(H,17,19). The smallest absolute Gasteiger partial charge is 0.251 e. The van der Waals surface area contributed by atoms with Crippen molar-refractivity contribution in [2.24, 2.45) is 0 Å². The minimum atomic E-state index is -3.60. The van der Waals surface area contributed by atoms with E-state index in [9.17, 15) is 13.2 Å². The van der Waals surface area contributed by atoms with Crippen LogP contribution in [-0.2, 0) is 21.3 Å². The van der Waals surface area contributed by atoms with Gasteiger partial charge < -0.3 is 10.1 Å². The van der Waals surface area contributed by atoms with Crippen molar-refractivity contribution >= 4 is 38.9 Å². The van der Waals surface area contributed by atoms with Gasteiger partial charge in [0.1, 0.15) is 0 Å². The number of hydrogen-bond donors (Lipinski definition) is 2. The van der Waals surface area contributed by atoms with E-state index in [0.717, 1.165) is 4.88 Å². The Hall–Kier alpha value is -1.45. The number of sulfonamides is 1. The molecular weight excluding hydrogens is 372 g/mol. The number of amides is 1. The number of carbonyl (C=O) groups excluding carboxylic acids is 1. The summed E-state index contributed by atoms with van der Waals surface area (Å²) in [5.74, 6) is -0.282. The van der Waals surface area contributed by atoms with Gasteiger partial charge in [0.05, 0.1) is 22.4 Å². The highest BCUT2D eigenvalue weighted by atomic mass is 35.5. The third-order valence-corrected chi connectivity index (χ3v) is 5.79. The molecule has 0 aliphatic carbocycles. The highest BCUT2D eigenvalue weighted by Crippen LogP contribution is 2.21. The molecule has 130 valence electrons. The van der Waals surface area contributed by atoms with E-state index in [0.29, 0.717) is 16.4 Å². The molecule has 0 aliphatic heterocycles. The van der Waals surface area contributed by atoms with Crippen molar-refractivity contribution in [3.05, 3.63) is 51.2 Å². The lowest BCUT2D eigenvalue weighted by Gasteiger charge is -2.07. The molecule has 2 rings (SSSR count). The lowest BCUT2D eigenvalue weighted by Crippen LogP contribution is -2.27. The zero-order valence-electron chi connectivity index (χ0n) is 12.9. The Morgan fingerprint density at radius 3 is 2.50 bits per heavy atom. The predicted molar refractivity (Wildman–Crippen MR) is 94.0 cm³/mol. The fraction of sp³-hybridized carbons (Fsp3) is 0.267. The molecule has 0 saturated heterocycles. The molecule has 0 saturated carbocycles. The molecule has 0 spiro atoms. The maximum Gasteiger partial charge on any atom is 0.251 e. The van der Waals surface area contributed by atoms with E-state index in [1.807, 2.05) is 6.07 Å². The van der Waals surface area contributed by atoms with Gasteiger partial charge in [0.15, 0.2) is 0 Å². The number of rotatable bonds is 8. The zero-order chi connectivity index (χ0) is 17.6. The van der Waals surface area contributed by atoms with Gasteiger partial charge in [0.2, 0.25) is 10.0 Å². The Morgan fingerprint density at radius 1 is 1.21 bits per heavy atom. The summed E-state index contributed by atoms with van der Waals surface area (Å²) in [5, 5.41) is 2.76. The Labute approximate surface area is 149 Å². The summed E-state index contributed by atoms with van der Waals surface area (Å²) in [6.07, 6.45) is 0. The molecule has 2 N–H and O–H groups in total. The summed E-state index contributed by atoms with van der Waals surface area (Å²) in [7, 11) is -2.11. The minimum Gasteiger partial charge on any atom is -0.383 e. The van der Waals surface area contributed by atoms with E-state index in [2.05, 4.69) is 10.0 Å². The maximum absolute atomic E-state index is 12.1. The van der Waals surface area contributed by atoms with Crippen LogP contribution in [0.5, 0.6) is 0 Å². The van der Waals surface area contributed by atoms with Gasteiger partial charge in [-0.05, 0) is 36.4 Å². The number of benzene rings is 1. The van der Waals surface area contributed by atoms with E-state index >= 15 is 0 Å². The lowest BCUT2D eigenvalue weighted by molar-refractivity contribution is 0.0951. The van der Waals surface area contributed by atoms with Crippen molar-refractivity contribution in [2.75, 3.05) is 20.3 Å². The first kappa shape index (κ1) is 18.9. The van der Waals surface area contributed by atoms with Gasteiger partial charge in [-0.1, -0.05) is 11.6 Å². The lowest BCUT2D eigenvalue weighted by atomic mass is 10.2. The highest BCUT2D eigenvalue weighted by Gasteiger charge is 2.14. The third-order valence-electron chi connectivity index (χ3n) is 3.08. The number of halogens is 1. The van der Waals surface area contributed by atoms with E-state index in [1.165, 1.54) is 42.7 Å². The number of ether oxygens (including phenoxy) is 1. The van der Waals surface area contributed by atoms with Crippen LogP contribution in [-0.4, -0.2) is 34.6 Å². The SMILES string of the molecule is COCCNS(=O)(=O)c1ccc(C(=O)NCc2ccc(Cl)s2)cc1. The van der Waals surface area contributed by atoms with Crippen molar-refractivity contribution in [1.82, 2.24) is 10.0 Å². The molecule has 1 heterocycles. The van der Waals surface area contributed by atoms with Gasteiger partial charge in [-0.25, -0.2) is 13.1 Å². The van der Waals surface area contributed by atoms with Crippen LogP contribution in [0.1, 0.15) is 15.2 Å². The molecule has 2 aromatic rings. The molecule has 0 radical (unpaired) electrons. The summed E-state index contributed by atoms with van der Waals surface area (Å²) in [6.45, 7) is 0.839. The molecule has 0 unspecified atom stereocenters.